The van der Waals surface area contributed by atoms with E-state index >= 15 is 0 Å². The second kappa shape index (κ2) is 9.94. The minimum absolute atomic E-state index is 0.0125. The molecule has 24 heavy (non-hydrogen) atoms. The maximum atomic E-state index is 14.0. The van der Waals surface area contributed by atoms with E-state index in [1.807, 2.05) is 6.92 Å². The van der Waals surface area contributed by atoms with E-state index in [-0.39, 0.29) is 24.6 Å². The molecular formula is C19H28F2O3. The first-order valence-corrected chi connectivity index (χ1v) is 8.97. The Bertz CT molecular complexity index is 476. The molecule has 0 radical (unpaired) electrons. The molecule has 1 heterocycles. The van der Waals surface area contributed by atoms with Crippen LogP contribution in [0.5, 0.6) is 5.75 Å². The fourth-order valence-electron chi connectivity index (χ4n) is 2.79. The number of halogens is 2. The molecule has 0 aliphatic carbocycles. The minimum atomic E-state index is -0.645. The number of ether oxygens (including phenoxy) is 3. The van der Waals surface area contributed by atoms with Crippen molar-refractivity contribution in [1.82, 2.24) is 0 Å². The average Bonchev–Trinajstić information content (AvgIpc) is 2.56. The maximum absolute atomic E-state index is 14.0. The summed E-state index contributed by atoms with van der Waals surface area (Å²) in [5, 5.41) is 0. The van der Waals surface area contributed by atoms with Crippen LogP contribution in [0.3, 0.4) is 0 Å². The number of hydrogen-bond acceptors (Lipinski definition) is 3. The zero-order chi connectivity index (χ0) is 17.4. The SMILES string of the molecule is CCCCCC1OCC(COc2c(F)cc(CCC)cc2F)CO1. The van der Waals surface area contributed by atoms with Crippen LogP contribution in [-0.4, -0.2) is 26.1 Å². The van der Waals surface area contributed by atoms with E-state index in [4.69, 9.17) is 14.2 Å². The molecule has 1 aliphatic rings. The van der Waals surface area contributed by atoms with Gasteiger partial charge in [0.15, 0.2) is 23.7 Å². The summed E-state index contributed by atoms with van der Waals surface area (Å²) in [4.78, 5) is 0. The lowest BCUT2D eigenvalue weighted by molar-refractivity contribution is -0.206. The molecule has 2 rings (SSSR count). The van der Waals surface area contributed by atoms with Crippen LogP contribution in [0.1, 0.15) is 51.5 Å². The molecule has 1 fully saturated rings. The highest BCUT2D eigenvalue weighted by Gasteiger charge is 2.23. The minimum Gasteiger partial charge on any atom is -0.487 e. The van der Waals surface area contributed by atoms with Crippen molar-refractivity contribution in [1.29, 1.82) is 0 Å². The van der Waals surface area contributed by atoms with Crippen molar-refractivity contribution in [2.45, 2.75) is 58.7 Å². The summed E-state index contributed by atoms with van der Waals surface area (Å²) in [6, 6.07) is 2.69. The van der Waals surface area contributed by atoms with Crippen LogP contribution in [0.15, 0.2) is 12.1 Å². The Morgan fingerprint density at radius 3 is 2.29 bits per heavy atom. The van der Waals surface area contributed by atoms with Gasteiger partial charge < -0.3 is 14.2 Å². The van der Waals surface area contributed by atoms with Crippen LogP contribution in [0.4, 0.5) is 8.78 Å². The Balaban J connectivity index is 1.78. The van der Waals surface area contributed by atoms with Gasteiger partial charge in [-0.1, -0.05) is 33.1 Å². The molecular weight excluding hydrogens is 314 g/mol. The molecule has 0 atom stereocenters. The Labute approximate surface area is 143 Å². The molecule has 3 nitrogen and oxygen atoms in total. The fraction of sp³-hybridized carbons (Fsp3) is 0.684. The fourth-order valence-corrected chi connectivity index (χ4v) is 2.79. The summed E-state index contributed by atoms with van der Waals surface area (Å²) < 4.78 is 44.7. The second-order valence-corrected chi connectivity index (χ2v) is 6.41. The molecule has 5 heteroatoms. The normalized spacial score (nSPS) is 21.0. The highest BCUT2D eigenvalue weighted by molar-refractivity contribution is 5.31. The van der Waals surface area contributed by atoms with Gasteiger partial charge in [-0.3, -0.25) is 0 Å². The molecule has 1 aliphatic heterocycles. The molecule has 0 aromatic heterocycles. The average molecular weight is 342 g/mol. The summed E-state index contributed by atoms with van der Waals surface area (Å²) in [5.74, 6) is -1.61. The maximum Gasteiger partial charge on any atom is 0.190 e. The van der Waals surface area contributed by atoms with Gasteiger partial charge in [0, 0.05) is 5.92 Å². The van der Waals surface area contributed by atoms with Gasteiger partial charge in [0.1, 0.15) is 0 Å². The summed E-state index contributed by atoms with van der Waals surface area (Å²) in [5.41, 5.74) is 0.652. The predicted octanol–water partition coefficient (Wildman–Crippen LogP) is 4.87. The smallest absolute Gasteiger partial charge is 0.190 e. The quantitative estimate of drug-likeness (QED) is 0.600. The first kappa shape index (κ1) is 19.1. The molecule has 1 aromatic rings. The zero-order valence-electron chi connectivity index (χ0n) is 14.7. The second-order valence-electron chi connectivity index (χ2n) is 6.41. The van der Waals surface area contributed by atoms with Crippen molar-refractivity contribution in [3.8, 4) is 5.75 Å². The number of benzene rings is 1. The molecule has 1 saturated heterocycles. The molecule has 0 spiro atoms. The number of rotatable bonds is 9. The number of aryl methyl sites for hydroxylation is 1. The lowest BCUT2D eigenvalue weighted by Gasteiger charge is -2.29. The number of hydrogen-bond donors (Lipinski definition) is 0. The summed E-state index contributed by atoms with van der Waals surface area (Å²) in [6.07, 6.45) is 5.65. The van der Waals surface area contributed by atoms with Gasteiger partial charge in [0.05, 0.1) is 19.8 Å². The molecule has 0 amide bonds. The zero-order valence-corrected chi connectivity index (χ0v) is 14.7. The monoisotopic (exact) mass is 342 g/mol. The first-order valence-electron chi connectivity index (χ1n) is 8.97. The Hall–Kier alpha value is -1.20. The molecule has 0 N–H and O–H groups in total. The molecule has 0 bridgehead atoms. The van der Waals surface area contributed by atoms with Crippen molar-refractivity contribution < 1.29 is 23.0 Å². The third-order valence-electron chi connectivity index (χ3n) is 4.14. The van der Waals surface area contributed by atoms with Gasteiger partial charge in [-0.25, -0.2) is 8.78 Å². The summed E-state index contributed by atoms with van der Waals surface area (Å²) in [6.45, 7) is 5.30. The van der Waals surface area contributed by atoms with E-state index in [2.05, 4.69) is 6.92 Å². The molecule has 136 valence electrons. The van der Waals surface area contributed by atoms with Crippen LogP contribution in [-0.2, 0) is 15.9 Å². The third-order valence-corrected chi connectivity index (χ3v) is 4.14. The van der Waals surface area contributed by atoms with E-state index < -0.39 is 11.6 Å². The van der Waals surface area contributed by atoms with Crippen LogP contribution in [0.25, 0.3) is 0 Å². The summed E-state index contributed by atoms with van der Waals surface area (Å²) >= 11 is 0. The largest absolute Gasteiger partial charge is 0.487 e. The predicted molar refractivity (Wildman–Crippen MR) is 89.2 cm³/mol. The Morgan fingerprint density at radius 2 is 1.71 bits per heavy atom. The molecule has 0 unspecified atom stereocenters. The van der Waals surface area contributed by atoms with Crippen molar-refractivity contribution in [2.75, 3.05) is 19.8 Å². The van der Waals surface area contributed by atoms with Crippen molar-refractivity contribution in [3.05, 3.63) is 29.3 Å². The van der Waals surface area contributed by atoms with E-state index in [1.165, 1.54) is 18.6 Å². The number of unbranched alkanes of at least 4 members (excludes halogenated alkanes) is 2. The van der Waals surface area contributed by atoms with E-state index in [9.17, 15) is 8.78 Å². The van der Waals surface area contributed by atoms with Crippen molar-refractivity contribution in [3.63, 3.8) is 0 Å². The Morgan fingerprint density at radius 1 is 1.04 bits per heavy atom. The lowest BCUT2D eigenvalue weighted by Crippen LogP contribution is -2.35. The highest BCUT2D eigenvalue weighted by Crippen LogP contribution is 2.25. The van der Waals surface area contributed by atoms with Crippen LogP contribution >= 0.6 is 0 Å². The van der Waals surface area contributed by atoms with Gasteiger partial charge >= 0.3 is 0 Å². The van der Waals surface area contributed by atoms with Crippen LogP contribution < -0.4 is 4.74 Å². The van der Waals surface area contributed by atoms with Crippen LogP contribution in [0, 0.1) is 17.6 Å². The van der Waals surface area contributed by atoms with Gasteiger partial charge in [0.25, 0.3) is 0 Å². The topological polar surface area (TPSA) is 27.7 Å². The van der Waals surface area contributed by atoms with Crippen molar-refractivity contribution >= 4 is 0 Å². The van der Waals surface area contributed by atoms with Gasteiger partial charge in [-0.05, 0) is 37.0 Å². The van der Waals surface area contributed by atoms with E-state index in [0.29, 0.717) is 25.2 Å². The lowest BCUT2D eigenvalue weighted by atomic mass is 10.1. The van der Waals surface area contributed by atoms with Crippen molar-refractivity contribution in [2.24, 2.45) is 5.92 Å². The molecule has 1 aromatic carbocycles. The van der Waals surface area contributed by atoms with Gasteiger partial charge in [-0.15, -0.1) is 0 Å². The van der Waals surface area contributed by atoms with E-state index in [0.717, 1.165) is 25.7 Å². The highest BCUT2D eigenvalue weighted by atomic mass is 19.1. The standard InChI is InChI=1S/C19H28F2O3/c1-3-5-6-8-18-22-11-15(12-23-18)13-24-19-16(20)9-14(7-4-2)10-17(19)21/h9-10,15,18H,3-8,11-13H2,1-2H3. The van der Waals surface area contributed by atoms with E-state index in [1.54, 1.807) is 0 Å². The molecule has 0 saturated carbocycles. The summed E-state index contributed by atoms with van der Waals surface area (Å²) in [7, 11) is 0. The van der Waals surface area contributed by atoms with Crippen LogP contribution in [0.2, 0.25) is 0 Å². The van der Waals surface area contributed by atoms with Gasteiger partial charge in [0.2, 0.25) is 0 Å². The Kier molecular flexibility index (Phi) is 7.92. The first-order chi connectivity index (χ1) is 11.6. The third kappa shape index (κ3) is 5.71. The van der Waals surface area contributed by atoms with Gasteiger partial charge in [-0.2, -0.15) is 0 Å².